The summed E-state index contributed by atoms with van der Waals surface area (Å²) in [6.45, 7) is 2.97. The summed E-state index contributed by atoms with van der Waals surface area (Å²) in [6, 6.07) is 18.1. The first-order valence-corrected chi connectivity index (χ1v) is 10.8. The van der Waals surface area contributed by atoms with E-state index in [4.69, 9.17) is 9.84 Å². The Hall–Kier alpha value is -4.01. The standard InChI is InChI=1S/C26H25F3N2O4/c1-25(2,23(32)33)35-22-15-7-18(8-16-22)4-3-17-5-11-20(12-6-17)30-24(34)31-21-13-9-19(10-14-21)26(27,28)29/h5-16H,3-4H2,1-2H3,(H,32,33)(H2,30,31,34). The number of halogens is 3. The molecular weight excluding hydrogens is 461 g/mol. The number of benzene rings is 3. The van der Waals surface area contributed by atoms with Crippen LogP contribution in [-0.2, 0) is 23.8 Å². The van der Waals surface area contributed by atoms with Gasteiger partial charge in [0.2, 0.25) is 0 Å². The molecule has 0 aromatic heterocycles. The summed E-state index contributed by atoms with van der Waals surface area (Å²) in [4.78, 5) is 23.3. The number of amides is 2. The zero-order valence-corrected chi connectivity index (χ0v) is 19.1. The van der Waals surface area contributed by atoms with Gasteiger partial charge in [0, 0.05) is 11.4 Å². The zero-order valence-electron chi connectivity index (χ0n) is 19.1. The normalized spacial score (nSPS) is 11.6. The molecule has 0 heterocycles. The van der Waals surface area contributed by atoms with Gasteiger partial charge in [-0.3, -0.25) is 0 Å². The summed E-state index contributed by atoms with van der Waals surface area (Å²) >= 11 is 0. The van der Waals surface area contributed by atoms with E-state index in [2.05, 4.69) is 10.6 Å². The maximum atomic E-state index is 12.6. The summed E-state index contributed by atoms with van der Waals surface area (Å²) in [7, 11) is 0. The fourth-order valence-electron chi connectivity index (χ4n) is 3.14. The molecule has 35 heavy (non-hydrogen) atoms. The number of carbonyl (C=O) groups is 2. The summed E-state index contributed by atoms with van der Waals surface area (Å²) in [5.74, 6) is -0.567. The highest BCUT2D eigenvalue weighted by Crippen LogP contribution is 2.29. The third-order valence-corrected chi connectivity index (χ3v) is 5.20. The quantitative estimate of drug-likeness (QED) is 0.345. The largest absolute Gasteiger partial charge is 0.478 e. The lowest BCUT2D eigenvalue weighted by molar-refractivity contribution is -0.152. The van der Waals surface area contributed by atoms with Crippen molar-refractivity contribution in [2.24, 2.45) is 0 Å². The predicted octanol–water partition coefficient (Wildman–Crippen LogP) is 6.38. The molecule has 6 nitrogen and oxygen atoms in total. The van der Waals surface area contributed by atoms with Crippen LogP contribution in [0, 0.1) is 0 Å². The molecule has 3 rings (SSSR count). The Bertz CT molecular complexity index is 1160. The van der Waals surface area contributed by atoms with Crippen molar-refractivity contribution in [3.05, 3.63) is 89.5 Å². The number of urea groups is 1. The van der Waals surface area contributed by atoms with Crippen LogP contribution in [-0.4, -0.2) is 22.7 Å². The zero-order chi connectivity index (χ0) is 25.6. The van der Waals surface area contributed by atoms with E-state index < -0.39 is 29.3 Å². The molecule has 0 atom stereocenters. The lowest BCUT2D eigenvalue weighted by Crippen LogP contribution is -2.37. The van der Waals surface area contributed by atoms with Gasteiger partial charge in [0.05, 0.1) is 5.56 Å². The molecule has 0 radical (unpaired) electrons. The van der Waals surface area contributed by atoms with Crippen molar-refractivity contribution < 1.29 is 32.6 Å². The van der Waals surface area contributed by atoms with E-state index in [0.29, 0.717) is 11.4 Å². The lowest BCUT2D eigenvalue weighted by atomic mass is 10.0. The Morgan fingerprint density at radius 3 is 1.63 bits per heavy atom. The Morgan fingerprint density at radius 2 is 1.20 bits per heavy atom. The van der Waals surface area contributed by atoms with Gasteiger partial charge in [0.25, 0.3) is 0 Å². The third kappa shape index (κ3) is 7.49. The van der Waals surface area contributed by atoms with Gasteiger partial charge in [-0.15, -0.1) is 0 Å². The number of anilines is 2. The molecule has 3 aromatic rings. The summed E-state index contributed by atoms with van der Waals surface area (Å²) < 4.78 is 43.4. The minimum Gasteiger partial charge on any atom is -0.478 e. The average Bonchev–Trinajstić information content (AvgIpc) is 2.79. The molecule has 0 fully saturated rings. The van der Waals surface area contributed by atoms with Gasteiger partial charge in [-0.05, 0) is 86.3 Å². The van der Waals surface area contributed by atoms with E-state index in [-0.39, 0.29) is 5.69 Å². The maximum Gasteiger partial charge on any atom is 0.416 e. The number of hydrogen-bond donors (Lipinski definition) is 3. The van der Waals surface area contributed by atoms with Gasteiger partial charge < -0.3 is 20.5 Å². The first-order chi connectivity index (χ1) is 16.4. The average molecular weight is 486 g/mol. The van der Waals surface area contributed by atoms with Gasteiger partial charge in [0.1, 0.15) is 5.75 Å². The first-order valence-electron chi connectivity index (χ1n) is 10.8. The smallest absolute Gasteiger partial charge is 0.416 e. The summed E-state index contributed by atoms with van der Waals surface area (Å²) in [5, 5.41) is 14.3. The number of carboxylic acid groups (broad SMARTS) is 1. The van der Waals surface area contributed by atoms with Crippen molar-refractivity contribution in [1.29, 1.82) is 0 Å². The lowest BCUT2D eigenvalue weighted by Gasteiger charge is -2.21. The molecular formula is C26H25F3N2O4. The molecule has 3 N–H and O–H groups in total. The summed E-state index contributed by atoms with van der Waals surface area (Å²) in [5.41, 5.74) is 0.794. The number of aliphatic carboxylic acids is 1. The van der Waals surface area contributed by atoms with Gasteiger partial charge in [-0.25, -0.2) is 9.59 Å². The third-order valence-electron chi connectivity index (χ3n) is 5.20. The Balaban J connectivity index is 1.48. The Kier molecular flexibility index (Phi) is 7.68. The molecule has 2 amide bonds. The van der Waals surface area contributed by atoms with E-state index in [0.717, 1.165) is 36.1 Å². The first kappa shape index (κ1) is 25.6. The second kappa shape index (κ2) is 10.5. The number of rotatable bonds is 8. The van der Waals surface area contributed by atoms with Crippen LogP contribution in [0.25, 0.3) is 0 Å². The van der Waals surface area contributed by atoms with E-state index in [1.807, 2.05) is 24.3 Å². The van der Waals surface area contributed by atoms with E-state index >= 15 is 0 Å². The molecule has 0 aliphatic heterocycles. The van der Waals surface area contributed by atoms with E-state index in [1.165, 1.54) is 26.0 Å². The molecule has 0 spiro atoms. The van der Waals surface area contributed by atoms with Crippen LogP contribution in [0.15, 0.2) is 72.8 Å². The highest BCUT2D eigenvalue weighted by Gasteiger charge is 2.30. The van der Waals surface area contributed by atoms with Crippen LogP contribution < -0.4 is 15.4 Å². The molecule has 0 unspecified atom stereocenters. The maximum absolute atomic E-state index is 12.6. The van der Waals surface area contributed by atoms with Crippen molar-refractivity contribution >= 4 is 23.4 Å². The van der Waals surface area contributed by atoms with Gasteiger partial charge in [0.15, 0.2) is 5.60 Å². The van der Waals surface area contributed by atoms with Crippen LogP contribution in [0.5, 0.6) is 5.75 Å². The number of ether oxygens (including phenoxy) is 1. The van der Waals surface area contributed by atoms with Crippen LogP contribution in [0.3, 0.4) is 0 Å². The van der Waals surface area contributed by atoms with E-state index in [1.54, 1.807) is 24.3 Å². The second-order valence-corrected chi connectivity index (χ2v) is 8.41. The number of aryl methyl sites for hydroxylation is 2. The monoisotopic (exact) mass is 486 g/mol. The van der Waals surface area contributed by atoms with Crippen molar-refractivity contribution in [1.82, 2.24) is 0 Å². The fraction of sp³-hybridized carbons (Fsp3) is 0.231. The second-order valence-electron chi connectivity index (χ2n) is 8.41. The summed E-state index contributed by atoms with van der Waals surface area (Å²) in [6.07, 6.45) is -2.93. The van der Waals surface area contributed by atoms with Crippen molar-refractivity contribution in [2.75, 3.05) is 10.6 Å². The number of carbonyl (C=O) groups excluding carboxylic acids is 1. The molecule has 0 saturated heterocycles. The highest BCUT2D eigenvalue weighted by atomic mass is 19.4. The number of carboxylic acids is 1. The van der Waals surface area contributed by atoms with Crippen molar-refractivity contribution in [3.8, 4) is 5.75 Å². The molecule has 184 valence electrons. The highest BCUT2D eigenvalue weighted by molar-refractivity contribution is 5.99. The number of alkyl halides is 3. The molecule has 9 heteroatoms. The van der Waals surface area contributed by atoms with E-state index in [9.17, 15) is 22.8 Å². The van der Waals surface area contributed by atoms with Crippen LogP contribution >= 0.6 is 0 Å². The van der Waals surface area contributed by atoms with Gasteiger partial charge in [-0.1, -0.05) is 24.3 Å². The Labute approximate surface area is 200 Å². The van der Waals surface area contributed by atoms with Crippen LogP contribution in [0.2, 0.25) is 0 Å². The predicted molar refractivity (Wildman–Crippen MR) is 127 cm³/mol. The number of hydrogen-bond acceptors (Lipinski definition) is 3. The molecule has 0 aliphatic carbocycles. The Morgan fingerprint density at radius 1 is 0.771 bits per heavy atom. The van der Waals surface area contributed by atoms with Gasteiger partial charge in [-0.2, -0.15) is 13.2 Å². The van der Waals surface area contributed by atoms with Crippen molar-refractivity contribution in [3.63, 3.8) is 0 Å². The molecule has 0 bridgehead atoms. The molecule has 0 aliphatic rings. The minimum atomic E-state index is -4.43. The molecule has 0 saturated carbocycles. The number of nitrogens with one attached hydrogen (secondary N) is 2. The topological polar surface area (TPSA) is 87.7 Å². The molecule has 3 aromatic carbocycles. The van der Waals surface area contributed by atoms with Crippen LogP contribution in [0.1, 0.15) is 30.5 Å². The fourth-order valence-corrected chi connectivity index (χ4v) is 3.14. The van der Waals surface area contributed by atoms with Crippen molar-refractivity contribution in [2.45, 2.75) is 38.5 Å². The minimum absolute atomic E-state index is 0.245. The SMILES string of the molecule is CC(C)(Oc1ccc(CCc2ccc(NC(=O)Nc3ccc(C(F)(F)F)cc3)cc2)cc1)C(=O)O. The van der Waals surface area contributed by atoms with Gasteiger partial charge >= 0.3 is 18.2 Å². The van der Waals surface area contributed by atoms with Crippen LogP contribution in [0.4, 0.5) is 29.3 Å².